The first-order valence-corrected chi connectivity index (χ1v) is 13.5. The van der Waals surface area contributed by atoms with Gasteiger partial charge in [-0.3, -0.25) is 4.79 Å². The fourth-order valence-electron chi connectivity index (χ4n) is 4.31. The Hall–Kier alpha value is -2.58. The molecule has 7 nitrogen and oxygen atoms in total. The van der Waals surface area contributed by atoms with Crippen molar-refractivity contribution >= 4 is 27.1 Å². The first-order valence-electron chi connectivity index (χ1n) is 11.6. The quantitative estimate of drug-likeness (QED) is 0.614. The lowest BCUT2D eigenvalue weighted by Gasteiger charge is -2.21. The van der Waals surface area contributed by atoms with Crippen LogP contribution < -0.4 is 20.3 Å². The third-order valence-corrected chi connectivity index (χ3v) is 7.85. The number of nitrogens with zero attached hydrogens (tertiary/aromatic N) is 1. The molecule has 2 fully saturated rings. The first-order chi connectivity index (χ1) is 15.8. The average Bonchev–Trinajstić information content (AvgIpc) is 3.39. The maximum Gasteiger partial charge on any atom is 0.255 e. The molecule has 1 amide bonds. The number of sulfone groups is 1. The van der Waals surface area contributed by atoms with Crippen LogP contribution in [0.4, 0.5) is 11.4 Å². The summed E-state index contributed by atoms with van der Waals surface area (Å²) in [7, 11) is -2.86. The van der Waals surface area contributed by atoms with Crippen LogP contribution in [-0.2, 0) is 9.84 Å². The Balaban J connectivity index is 1.27. The van der Waals surface area contributed by atoms with Crippen LogP contribution in [0, 0.1) is 5.92 Å². The molecule has 2 unspecified atom stereocenters. The van der Waals surface area contributed by atoms with E-state index in [9.17, 15) is 13.2 Å². The van der Waals surface area contributed by atoms with E-state index in [1.807, 2.05) is 36.4 Å². The van der Waals surface area contributed by atoms with Crippen molar-refractivity contribution in [1.29, 1.82) is 0 Å². The van der Waals surface area contributed by atoms with Crippen molar-refractivity contribution in [2.24, 2.45) is 5.92 Å². The van der Waals surface area contributed by atoms with E-state index < -0.39 is 9.84 Å². The molecule has 2 atom stereocenters. The van der Waals surface area contributed by atoms with Crippen LogP contribution in [-0.4, -0.2) is 57.6 Å². The summed E-state index contributed by atoms with van der Waals surface area (Å²) < 4.78 is 29.0. The molecule has 0 aromatic heterocycles. The number of nitrogens with one attached hydrogen (secondary N) is 2. The van der Waals surface area contributed by atoms with Gasteiger partial charge in [-0.1, -0.05) is 13.8 Å². The number of carbonyl (C=O) groups excluding carboxylic acids is 1. The van der Waals surface area contributed by atoms with E-state index in [2.05, 4.69) is 29.4 Å². The third kappa shape index (κ3) is 6.48. The fourth-order valence-corrected chi connectivity index (χ4v) is 6.00. The number of ether oxygens (including phenoxy) is 1. The lowest BCUT2D eigenvalue weighted by molar-refractivity contribution is 0.102. The van der Waals surface area contributed by atoms with Gasteiger partial charge in [0, 0.05) is 42.1 Å². The molecule has 0 spiro atoms. The smallest absolute Gasteiger partial charge is 0.255 e. The summed E-state index contributed by atoms with van der Waals surface area (Å²) >= 11 is 0. The monoisotopic (exact) mass is 471 g/mol. The van der Waals surface area contributed by atoms with E-state index in [4.69, 9.17) is 4.74 Å². The SMILES string of the molecule is CC(C)COc1ccc(C(=O)Nc2ccc(N3CCC(NC4CCS(=O)(=O)C4)C3)cc2)cc1. The molecule has 0 bridgehead atoms. The van der Waals surface area contributed by atoms with Crippen LogP contribution in [0.5, 0.6) is 5.75 Å². The summed E-state index contributed by atoms with van der Waals surface area (Å²) in [5.74, 6) is 1.60. The van der Waals surface area contributed by atoms with Gasteiger partial charge in [-0.2, -0.15) is 0 Å². The molecule has 2 aliphatic heterocycles. The highest BCUT2D eigenvalue weighted by molar-refractivity contribution is 7.91. The second-order valence-corrected chi connectivity index (χ2v) is 11.7. The standard InChI is InChI=1S/C25H33N3O4S/c1-18(2)16-32-24-9-3-19(4-10-24)25(29)27-20-5-7-23(8-6-20)28-13-11-21(15-28)26-22-12-14-33(30,31)17-22/h3-10,18,21-22,26H,11-17H2,1-2H3,(H,27,29). The van der Waals surface area contributed by atoms with Gasteiger partial charge in [-0.05, 0) is 67.3 Å². The second-order valence-electron chi connectivity index (χ2n) is 9.43. The molecular formula is C25H33N3O4S. The highest BCUT2D eigenvalue weighted by Crippen LogP contribution is 2.24. The molecule has 0 radical (unpaired) electrons. The summed E-state index contributed by atoms with van der Waals surface area (Å²) in [5.41, 5.74) is 2.43. The minimum Gasteiger partial charge on any atom is -0.493 e. The van der Waals surface area contributed by atoms with Crippen LogP contribution in [0.1, 0.15) is 37.0 Å². The highest BCUT2D eigenvalue weighted by Gasteiger charge is 2.31. The first kappa shape index (κ1) is 23.6. The molecule has 2 aromatic carbocycles. The van der Waals surface area contributed by atoms with Crippen LogP contribution in [0.15, 0.2) is 48.5 Å². The molecule has 8 heteroatoms. The number of amides is 1. The largest absolute Gasteiger partial charge is 0.493 e. The van der Waals surface area contributed by atoms with Gasteiger partial charge in [0.25, 0.3) is 5.91 Å². The van der Waals surface area contributed by atoms with Crippen molar-refractivity contribution in [1.82, 2.24) is 5.32 Å². The minimum atomic E-state index is -2.86. The number of hydrogen-bond acceptors (Lipinski definition) is 6. The highest BCUT2D eigenvalue weighted by atomic mass is 32.2. The van der Waals surface area contributed by atoms with Gasteiger partial charge < -0.3 is 20.3 Å². The molecular weight excluding hydrogens is 438 g/mol. The molecule has 4 rings (SSSR count). The Bertz CT molecular complexity index is 1050. The lowest BCUT2D eigenvalue weighted by atomic mass is 10.2. The fraction of sp³-hybridized carbons (Fsp3) is 0.480. The van der Waals surface area contributed by atoms with Crippen LogP contribution >= 0.6 is 0 Å². The number of anilines is 2. The number of rotatable bonds is 8. The van der Waals surface area contributed by atoms with Crippen molar-refractivity contribution in [2.75, 3.05) is 41.4 Å². The van der Waals surface area contributed by atoms with Gasteiger partial charge in [0.15, 0.2) is 9.84 Å². The molecule has 2 aromatic rings. The zero-order chi connectivity index (χ0) is 23.4. The summed E-state index contributed by atoms with van der Waals surface area (Å²) in [6, 6.07) is 15.4. The van der Waals surface area contributed by atoms with E-state index >= 15 is 0 Å². The topological polar surface area (TPSA) is 87.7 Å². The second kappa shape index (κ2) is 10.1. The molecule has 178 valence electrons. The summed E-state index contributed by atoms with van der Waals surface area (Å²) in [5, 5.41) is 6.46. The molecule has 2 heterocycles. The Morgan fingerprint density at radius 1 is 1.06 bits per heavy atom. The normalized spacial score (nSPS) is 22.0. The van der Waals surface area contributed by atoms with Crippen molar-refractivity contribution in [3.05, 3.63) is 54.1 Å². The molecule has 2 aliphatic rings. The predicted molar refractivity (Wildman–Crippen MR) is 132 cm³/mol. The summed E-state index contributed by atoms with van der Waals surface area (Å²) in [6.45, 7) is 6.61. The Morgan fingerprint density at radius 3 is 2.42 bits per heavy atom. The Kier molecular flexibility index (Phi) is 7.24. The average molecular weight is 472 g/mol. The van der Waals surface area contributed by atoms with Crippen molar-refractivity contribution in [3.8, 4) is 5.75 Å². The maximum absolute atomic E-state index is 12.6. The predicted octanol–water partition coefficient (Wildman–Crippen LogP) is 3.33. The molecule has 0 saturated carbocycles. The van der Waals surface area contributed by atoms with Crippen molar-refractivity contribution < 1.29 is 17.9 Å². The van der Waals surface area contributed by atoms with Crippen molar-refractivity contribution in [3.63, 3.8) is 0 Å². The Morgan fingerprint density at radius 2 is 1.79 bits per heavy atom. The van der Waals surface area contributed by atoms with Gasteiger partial charge in [-0.15, -0.1) is 0 Å². The van der Waals surface area contributed by atoms with Gasteiger partial charge in [0.1, 0.15) is 5.75 Å². The van der Waals surface area contributed by atoms with Crippen molar-refractivity contribution in [2.45, 2.75) is 38.8 Å². The van der Waals surface area contributed by atoms with E-state index in [0.29, 0.717) is 36.3 Å². The number of carbonyl (C=O) groups is 1. The number of hydrogen-bond donors (Lipinski definition) is 2. The third-order valence-electron chi connectivity index (χ3n) is 6.08. The maximum atomic E-state index is 12.6. The van der Waals surface area contributed by atoms with Crippen LogP contribution in [0.2, 0.25) is 0 Å². The van der Waals surface area contributed by atoms with E-state index in [1.165, 1.54) is 0 Å². The van der Waals surface area contributed by atoms with E-state index in [0.717, 1.165) is 36.6 Å². The van der Waals surface area contributed by atoms with Gasteiger partial charge in [0.05, 0.1) is 18.1 Å². The van der Waals surface area contributed by atoms with Gasteiger partial charge in [-0.25, -0.2) is 8.42 Å². The lowest BCUT2D eigenvalue weighted by Crippen LogP contribution is -2.40. The van der Waals surface area contributed by atoms with E-state index in [1.54, 1.807) is 12.1 Å². The molecule has 33 heavy (non-hydrogen) atoms. The summed E-state index contributed by atoms with van der Waals surface area (Å²) in [4.78, 5) is 14.9. The Labute approximate surface area is 196 Å². The van der Waals surface area contributed by atoms with Gasteiger partial charge in [0.2, 0.25) is 0 Å². The minimum absolute atomic E-state index is 0.0772. The van der Waals surface area contributed by atoms with Gasteiger partial charge >= 0.3 is 0 Å². The zero-order valence-corrected chi connectivity index (χ0v) is 20.1. The molecule has 0 aliphatic carbocycles. The van der Waals surface area contributed by atoms with Crippen LogP contribution in [0.3, 0.4) is 0 Å². The van der Waals surface area contributed by atoms with E-state index in [-0.39, 0.29) is 17.7 Å². The van der Waals surface area contributed by atoms with Crippen LogP contribution in [0.25, 0.3) is 0 Å². The zero-order valence-electron chi connectivity index (χ0n) is 19.3. The molecule has 2 saturated heterocycles. The number of benzene rings is 2. The molecule has 2 N–H and O–H groups in total. The summed E-state index contributed by atoms with van der Waals surface area (Å²) in [6.07, 6.45) is 1.70.